The Balaban J connectivity index is 2.44. The first-order valence-corrected chi connectivity index (χ1v) is 6.65. The molecule has 0 aliphatic carbocycles. The van der Waals surface area contributed by atoms with Gasteiger partial charge >= 0.3 is 5.69 Å². The third kappa shape index (κ3) is 3.53. The van der Waals surface area contributed by atoms with E-state index < -0.39 is 9.85 Å². The van der Waals surface area contributed by atoms with Gasteiger partial charge in [-0.15, -0.1) is 0 Å². The standard InChI is InChI=1S/C16H11N3O5/c1-24-16-7-2-11(9-15(16)19(22)23)8-13(10-17)12-3-5-14(6-4-12)18(20)21/h2-9H,1H3/b13-8-. The lowest BCUT2D eigenvalue weighted by Gasteiger charge is -2.03. The van der Waals surface area contributed by atoms with Crippen LogP contribution in [0.5, 0.6) is 5.75 Å². The molecular weight excluding hydrogens is 314 g/mol. The van der Waals surface area contributed by atoms with Crippen LogP contribution in [0.4, 0.5) is 11.4 Å². The predicted molar refractivity (Wildman–Crippen MR) is 86.2 cm³/mol. The molecule has 2 aromatic rings. The van der Waals surface area contributed by atoms with E-state index in [0.717, 1.165) is 0 Å². The number of methoxy groups -OCH3 is 1. The van der Waals surface area contributed by atoms with Crippen LogP contribution in [-0.4, -0.2) is 17.0 Å². The summed E-state index contributed by atoms with van der Waals surface area (Å²) in [5.41, 5.74) is 0.840. The SMILES string of the molecule is COc1ccc(/C=C(/C#N)c2ccc([N+](=O)[O-])cc2)cc1[N+](=O)[O-]. The highest BCUT2D eigenvalue weighted by molar-refractivity contribution is 5.90. The highest BCUT2D eigenvalue weighted by Crippen LogP contribution is 2.29. The molecule has 0 bridgehead atoms. The fraction of sp³-hybridized carbons (Fsp3) is 0.0625. The topological polar surface area (TPSA) is 119 Å². The number of nitriles is 1. The number of hydrogen-bond donors (Lipinski definition) is 0. The zero-order chi connectivity index (χ0) is 17.7. The molecule has 0 unspecified atom stereocenters. The van der Waals surface area contributed by atoms with E-state index in [9.17, 15) is 25.5 Å². The number of nitro benzene ring substituents is 2. The first-order chi connectivity index (χ1) is 11.5. The molecule has 8 heteroatoms. The monoisotopic (exact) mass is 325 g/mol. The molecule has 0 aromatic heterocycles. The largest absolute Gasteiger partial charge is 0.490 e. The Morgan fingerprint density at radius 3 is 2.29 bits per heavy atom. The number of nitrogens with zero attached hydrogens (tertiary/aromatic N) is 3. The van der Waals surface area contributed by atoms with Crippen LogP contribution in [0, 0.1) is 31.6 Å². The van der Waals surface area contributed by atoms with Crippen LogP contribution in [0.1, 0.15) is 11.1 Å². The molecule has 120 valence electrons. The van der Waals surface area contributed by atoms with Crippen molar-refractivity contribution in [2.24, 2.45) is 0 Å². The van der Waals surface area contributed by atoms with Gasteiger partial charge in [0.15, 0.2) is 5.75 Å². The van der Waals surface area contributed by atoms with Gasteiger partial charge < -0.3 is 4.74 Å². The van der Waals surface area contributed by atoms with Crippen LogP contribution in [-0.2, 0) is 0 Å². The number of rotatable bonds is 5. The fourth-order valence-electron chi connectivity index (χ4n) is 2.05. The molecule has 0 fully saturated rings. The van der Waals surface area contributed by atoms with Gasteiger partial charge in [0, 0.05) is 18.2 Å². The van der Waals surface area contributed by atoms with Gasteiger partial charge in [-0.05, 0) is 35.4 Å². The highest BCUT2D eigenvalue weighted by atomic mass is 16.6. The first-order valence-electron chi connectivity index (χ1n) is 6.65. The second-order valence-electron chi connectivity index (χ2n) is 4.66. The fourth-order valence-corrected chi connectivity index (χ4v) is 2.05. The molecule has 0 amide bonds. The van der Waals surface area contributed by atoms with Gasteiger partial charge in [0.05, 0.1) is 28.6 Å². The predicted octanol–water partition coefficient (Wildman–Crippen LogP) is 3.58. The number of benzene rings is 2. The van der Waals surface area contributed by atoms with Gasteiger partial charge in [-0.25, -0.2) is 0 Å². The van der Waals surface area contributed by atoms with Crippen LogP contribution in [0.3, 0.4) is 0 Å². The molecule has 0 saturated heterocycles. The lowest BCUT2D eigenvalue weighted by molar-refractivity contribution is -0.385. The highest BCUT2D eigenvalue weighted by Gasteiger charge is 2.15. The summed E-state index contributed by atoms with van der Waals surface area (Å²) in [5.74, 6) is 0.117. The van der Waals surface area contributed by atoms with E-state index in [0.29, 0.717) is 11.1 Å². The van der Waals surface area contributed by atoms with Gasteiger partial charge in [-0.2, -0.15) is 5.26 Å². The summed E-state index contributed by atoms with van der Waals surface area (Å²) >= 11 is 0. The van der Waals surface area contributed by atoms with Crippen molar-refractivity contribution >= 4 is 23.0 Å². The quantitative estimate of drug-likeness (QED) is 0.358. The summed E-state index contributed by atoms with van der Waals surface area (Å²) in [7, 11) is 1.33. The average Bonchev–Trinajstić information content (AvgIpc) is 2.59. The molecule has 0 radical (unpaired) electrons. The van der Waals surface area contributed by atoms with E-state index in [2.05, 4.69) is 0 Å². The van der Waals surface area contributed by atoms with Crippen molar-refractivity contribution in [3.8, 4) is 11.8 Å². The minimum atomic E-state index is -0.575. The molecule has 0 atom stereocenters. The molecule has 0 saturated carbocycles. The van der Waals surface area contributed by atoms with E-state index in [1.165, 1.54) is 49.6 Å². The van der Waals surface area contributed by atoms with Gasteiger partial charge in [0.2, 0.25) is 0 Å². The summed E-state index contributed by atoms with van der Waals surface area (Å²) in [5, 5.41) is 31.0. The lowest BCUT2D eigenvalue weighted by atomic mass is 10.0. The van der Waals surface area contributed by atoms with E-state index in [-0.39, 0.29) is 22.7 Å². The average molecular weight is 325 g/mol. The van der Waals surface area contributed by atoms with Gasteiger partial charge in [0.1, 0.15) is 0 Å². The lowest BCUT2D eigenvalue weighted by Crippen LogP contribution is -1.94. The Hall–Kier alpha value is -3.73. The molecule has 0 aliphatic rings. The van der Waals surface area contributed by atoms with Crippen molar-refractivity contribution in [3.63, 3.8) is 0 Å². The van der Waals surface area contributed by atoms with Gasteiger partial charge in [-0.3, -0.25) is 20.2 Å². The third-order valence-corrected chi connectivity index (χ3v) is 3.22. The maximum Gasteiger partial charge on any atom is 0.311 e. The molecule has 24 heavy (non-hydrogen) atoms. The maximum absolute atomic E-state index is 11.0. The Morgan fingerprint density at radius 2 is 1.79 bits per heavy atom. The van der Waals surface area contributed by atoms with Gasteiger partial charge in [-0.1, -0.05) is 6.07 Å². The normalized spacial score (nSPS) is 10.8. The zero-order valence-electron chi connectivity index (χ0n) is 12.5. The van der Waals surface area contributed by atoms with E-state index in [1.807, 2.05) is 6.07 Å². The molecule has 0 N–H and O–H groups in total. The van der Waals surface area contributed by atoms with Crippen molar-refractivity contribution in [2.75, 3.05) is 7.11 Å². The van der Waals surface area contributed by atoms with E-state index in [1.54, 1.807) is 6.07 Å². The van der Waals surface area contributed by atoms with Crippen LogP contribution in [0.2, 0.25) is 0 Å². The van der Waals surface area contributed by atoms with E-state index >= 15 is 0 Å². The van der Waals surface area contributed by atoms with Crippen LogP contribution < -0.4 is 4.74 Å². The van der Waals surface area contributed by atoms with Crippen LogP contribution >= 0.6 is 0 Å². The Bertz CT molecular complexity index is 866. The molecule has 0 spiro atoms. The van der Waals surface area contributed by atoms with Crippen molar-refractivity contribution in [1.29, 1.82) is 5.26 Å². The Labute approximate surface area is 136 Å². The number of hydrogen-bond acceptors (Lipinski definition) is 6. The minimum Gasteiger partial charge on any atom is -0.490 e. The summed E-state index contributed by atoms with van der Waals surface area (Å²) in [4.78, 5) is 20.6. The summed E-state index contributed by atoms with van der Waals surface area (Å²) in [6.07, 6.45) is 1.47. The smallest absolute Gasteiger partial charge is 0.311 e. The van der Waals surface area contributed by atoms with Crippen LogP contribution in [0.15, 0.2) is 42.5 Å². The van der Waals surface area contributed by atoms with Crippen molar-refractivity contribution in [2.45, 2.75) is 0 Å². The summed E-state index contributed by atoms with van der Waals surface area (Å²) < 4.78 is 4.92. The Kier molecular flexibility index (Phi) is 4.87. The maximum atomic E-state index is 11.0. The molecule has 8 nitrogen and oxygen atoms in total. The summed E-state index contributed by atoms with van der Waals surface area (Å²) in [6, 6.07) is 11.8. The van der Waals surface area contributed by atoms with Crippen molar-refractivity contribution in [3.05, 3.63) is 73.8 Å². The molecule has 0 aliphatic heterocycles. The molecule has 2 rings (SSSR count). The molecule has 2 aromatic carbocycles. The van der Waals surface area contributed by atoms with E-state index in [4.69, 9.17) is 4.74 Å². The molecular formula is C16H11N3O5. The van der Waals surface area contributed by atoms with Crippen LogP contribution in [0.25, 0.3) is 11.6 Å². The second-order valence-corrected chi connectivity index (χ2v) is 4.66. The third-order valence-electron chi connectivity index (χ3n) is 3.22. The number of ether oxygens (including phenoxy) is 1. The van der Waals surface area contributed by atoms with Gasteiger partial charge in [0.25, 0.3) is 5.69 Å². The zero-order valence-corrected chi connectivity index (χ0v) is 12.5. The minimum absolute atomic E-state index is 0.0869. The molecule has 0 heterocycles. The first kappa shape index (κ1) is 16.6. The van der Waals surface area contributed by atoms with Crippen molar-refractivity contribution < 1.29 is 14.6 Å². The second kappa shape index (κ2) is 7.02. The number of allylic oxidation sites excluding steroid dienone is 1. The Morgan fingerprint density at radius 1 is 1.12 bits per heavy atom. The summed E-state index contributed by atoms with van der Waals surface area (Å²) in [6.45, 7) is 0. The van der Waals surface area contributed by atoms with Crippen molar-refractivity contribution in [1.82, 2.24) is 0 Å². The number of nitro groups is 2. The number of non-ortho nitro benzene ring substituents is 1.